The first kappa shape index (κ1) is 26.2. The van der Waals surface area contributed by atoms with Crippen LogP contribution in [0.2, 0.25) is 15.1 Å². The van der Waals surface area contributed by atoms with Crippen LogP contribution in [0.5, 0.6) is 5.75 Å². The van der Waals surface area contributed by atoms with Crippen molar-refractivity contribution in [1.29, 1.82) is 0 Å². The van der Waals surface area contributed by atoms with Crippen LogP contribution in [-0.4, -0.2) is 49.5 Å². The van der Waals surface area contributed by atoms with Crippen LogP contribution in [-0.2, 0) is 11.3 Å². The Hall–Kier alpha value is -2.89. The maximum atomic E-state index is 13.2. The van der Waals surface area contributed by atoms with Crippen LogP contribution in [0, 0.1) is 0 Å². The van der Waals surface area contributed by atoms with Crippen molar-refractivity contribution in [2.24, 2.45) is 4.99 Å². The molecule has 1 aromatic carbocycles. The van der Waals surface area contributed by atoms with E-state index in [0.717, 1.165) is 5.56 Å². The van der Waals surface area contributed by atoms with Crippen LogP contribution in [0.25, 0.3) is 0 Å². The van der Waals surface area contributed by atoms with E-state index in [0.29, 0.717) is 42.2 Å². The van der Waals surface area contributed by atoms with E-state index in [9.17, 15) is 9.59 Å². The molecule has 9 nitrogen and oxygen atoms in total. The number of nitrogens with zero attached hydrogens (tertiary/aromatic N) is 2. The average Bonchev–Trinajstić information content (AvgIpc) is 3.51. The summed E-state index contributed by atoms with van der Waals surface area (Å²) in [5.74, 6) is 0.0675. The van der Waals surface area contributed by atoms with Crippen LogP contribution < -0.4 is 20.7 Å². The molecule has 0 atom stereocenters. The van der Waals surface area contributed by atoms with Gasteiger partial charge in [0.25, 0.3) is 11.8 Å². The van der Waals surface area contributed by atoms with Crippen molar-refractivity contribution in [1.82, 2.24) is 10.3 Å². The fourth-order valence-corrected chi connectivity index (χ4v) is 4.88. The van der Waals surface area contributed by atoms with Gasteiger partial charge in [-0.25, -0.2) is 4.98 Å². The first-order chi connectivity index (χ1) is 17.4. The molecule has 3 heterocycles. The summed E-state index contributed by atoms with van der Waals surface area (Å²) in [5.41, 5.74) is 0.968. The van der Waals surface area contributed by atoms with Crippen LogP contribution in [0.1, 0.15) is 25.6 Å². The third-order valence-corrected chi connectivity index (χ3v) is 7.00. The van der Waals surface area contributed by atoms with Gasteiger partial charge in [-0.1, -0.05) is 34.8 Å². The lowest BCUT2D eigenvalue weighted by Gasteiger charge is -2.15. The lowest BCUT2D eigenvalue weighted by Crippen LogP contribution is -2.22. The standard InChI is InChI=1S/C23H20Cl3N5O4S/c1-34-16-7-14(25)6-15(22(32)30-17-3-2-13(24)9-29-17)20(16)31-23(33)21-19(26)12(11-36-21)8-27-10-18-28-4-5-35-18/h2-3,6-7,9,11,27H,4-5,8,10H2,1H3,(H,31,33)(H,29,30,32). The van der Waals surface area contributed by atoms with Crippen LogP contribution in [0.15, 0.2) is 40.8 Å². The second kappa shape index (κ2) is 11.9. The highest BCUT2D eigenvalue weighted by Crippen LogP contribution is 2.35. The highest BCUT2D eigenvalue weighted by molar-refractivity contribution is 7.13. The predicted octanol–water partition coefficient (Wildman–Crippen LogP) is 5.13. The number of nitrogens with one attached hydrogen (secondary N) is 3. The van der Waals surface area contributed by atoms with Gasteiger partial charge in [0, 0.05) is 23.8 Å². The highest BCUT2D eigenvalue weighted by atomic mass is 35.5. The molecule has 0 aliphatic carbocycles. The molecule has 1 aliphatic heterocycles. The van der Waals surface area contributed by atoms with Gasteiger partial charge in [0.2, 0.25) is 0 Å². The number of anilines is 2. The van der Waals surface area contributed by atoms with E-state index in [1.165, 1.54) is 36.8 Å². The minimum Gasteiger partial charge on any atom is -0.494 e. The van der Waals surface area contributed by atoms with Crippen molar-refractivity contribution < 1.29 is 19.1 Å². The smallest absolute Gasteiger partial charge is 0.267 e. The zero-order valence-electron chi connectivity index (χ0n) is 18.9. The third kappa shape index (κ3) is 6.26. The molecule has 2 amide bonds. The second-order valence-electron chi connectivity index (χ2n) is 7.43. The molecule has 0 fully saturated rings. The van der Waals surface area contributed by atoms with Gasteiger partial charge in [0.05, 0.1) is 41.5 Å². The molecule has 0 spiro atoms. The highest BCUT2D eigenvalue weighted by Gasteiger charge is 2.23. The quantitative estimate of drug-likeness (QED) is 0.330. The van der Waals surface area contributed by atoms with Crippen molar-refractivity contribution in [2.45, 2.75) is 6.54 Å². The monoisotopic (exact) mass is 567 g/mol. The number of methoxy groups -OCH3 is 1. The van der Waals surface area contributed by atoms with Crippen molar-refractivity contribution in [3.8, 4) is 5.75 Å². The Morgan fingerprint density at radius 2 is 1.94 bits per heavy atom. The first-order valence-electron chi connectivity index (χ1n) is 10.6. The van der Waals surface area contributed by atoms with E-state index < -0.39 is 11.8 Å². The third-order valence-electron chi connectivity index (χ3n) is 4.99. The summed E-state index contributed by atoms with van der Waals surface area (Å²) in [6.07, 6.45) is 1.40. The molecule has 3 aromatic rings. The van der Waals surface area contributed by atoms with E-state index in [1.54, 1.807) is 17.5 Å². The summed E-state index contributed by atoms with van der Waals surface area (Å²) in [5, 5.41) is 11.4. The number of aromatic nitrogens is 1. The van der Waals surface area contributed by atoms with E-state index in [4.69, 9.17) is 44.3 Å². The number of thiophene rings is 1. The number of carbonyl (C=O) groups excluding carboxylic acids is 2. The van der Waals surface area contributed by atoms with Crippen molar-refractivity contribution in [3.05, 3.63) is 66.9 Å². The van der Waals surface area contributed by atoms with Crippen LogP contribution in [0.3, 0.4) is 0 Å². The second-order valence-corrected chi connectivity index (χ2v) is 9.56. The predicted molar refractivity (Wildman–Crippen MR) is 142 cm³/mol. The van der Waals surface area contributed by atoms with E-state index in [-0.39, 0.29) is 32.7 Å². The number of amides is 2. The minimum atomic E-state index is -0.555. The number of carbonyl (C=O) groups is 2. The molecule has 0 bridgehead atoms. The Labute approximate surface area is 225 Å². The molecule has 0 saturated heterocycles. The maximum absolute atomic E-state index is 13.2. The molecular formula is C23H20Cl3N5O4S. The van der Waals surface area contributed by atoms with Crippen LogP contribution >= 0.6 is 46.1 Å². The van der Waals surface area contributed by atoms with Gasteiger partial charge in [-0.3, -0.25) is 14.6 Å². The summed E-state index contributed by atoms with van der Waals surface area (Å²) < 4.78 is 10.7. The normalized spacial score (nSPS) is 12.6. The zero-order chi connectivity index (χ0) is 25.7. The van der Waals surface area contributed by atoms with Gasteiger partial charge >= 0.3 is 0 Å². The van der Waals surface area contributed by atoms with Crippen LogP contribution in [0.4, 0.5) is 11.5 Å². The molecule has 1 aliphatic rings. The molecule has 4 rings (SSSR count). The summed E-state index contributed by atoms with van der Waals surface area (Å²) in [4.78, 5) is 34.8. The molecular weight excluding hydrogens is 549 g/mol. The number of pyridine rings is 1. The largest absolute Gasteiger partial charge is 0.494 e. The molecule has 0 saturated carbocycles. The molecule has 36 heavy (non-hydrogen) atoms. The summed E-state index contributed by atoms with van der Waals surface area (Å²) in [6.45, 7) is 2.14. The average molecular weight is 569 g/mol. The Balaban J connectivity index is 1.52. The first-order valence-corrected chi connectivity index (χ1v) is 12.6. The van der Waals surface area contributed by atoms with Gasteiger partial charge in [-0.2, -0.15) is 0 Å². The van der Waals surface area contributed by atoms with Gasteiger partial charge in [-0.05, 0) is 29.1 Å². The van der Waals surface area contributed by atoms with Gasteiger partial charge < -0.3 is 25.4 Å². The van der Waals surface area contributed by atoms with Crippen molar-refractivity contribution in [2.75, 3.05) is 37.4 Å². The number of halogens is 3. The lowest BCUT2D eigenvalue weighted by atomic mass is 10.1. The summed E-state index contributed by atoms with van der Waals surface area (Å²) in [6, 6.07) is 6.05. The number of hydrogen-bond acceptors (Lipinski definition) is 8. The zero-order valence-corrected chi connectivity index (χ0v) is 21.9. The fourth-order valence-electron chi connectivity index (χ4n) is 3.30. The van der Waals surface area contributed by atoms with Crippen molar-refractivity contribution in [3.63, 3.8) is 0 Å². The molecule has 0 radical (unpaired) electrons. The molecule has 188 valence electrons. The van der Waals surface area contributed by atoms with E-state index >= 15 is 0 Å². The molecule has 3 N–H and O–H groups in total. The molecule has 0 unspecified atom stereocenters. The van der Waals surface area contributed by atoms with Gasteiger partial charge in [0.1, 0.15) is 23.1 Å². The number of benzene rings is 1. The van der Waals surface area contributed by atoms with Crippen molar-refractivity contribution >= 4 is 75.4 Å². The molecule has 13 heteroatoms. The summed E-state index contributed by atoms with van der Waals surface area (Å²) in [7, 11) is 1.41. The topological polar surface area (TPSA) is 114 Å². The van der Waals surface area contributed by atoms with E-state index in [1.807, 2.05) is 0 Å². The van der Waals surface area contributed by atoms with Gasteiger partial charge in [0.15, 0.2) is 5.90 Å². The lowest BCUT2D eigenvalue weighted by molar-refractivity contribution is 0.102. The Morgan fingerprint density at radius 1 is 1.11 bits per heavy atom. The van der Waals surface area contributed by atoms with Gasteiger partial charge in [-0.15, -0.1) is 11.3 Å². The summed E-state index contributed by atoms with van der Waals surface area (Å²) >= 11 is 19.7. The Kier molecular flexibility index (Phi) is 8.65. The maximum Gasteiger partial charge on any atom is 0.267 e. The number of aliphatic imine (C=N–C) groups is 1. The minimum absolute atomic E-state index is 0.0800. The number of rotatable bonds is 9. The fraction of sp³-hybridized carbons (Fsp3) is 0.217. The number of ether oxygens (including phenoxy) is 2. The number of hydrogen-bond donors (Lipinski definition) is 3. The SMILES string of the molecule is COc1cc(Cl)cc(C(=O)Nc2ccc(Cl)cn2)c1NC(=O)c1scc(CNCC2=NCCO2)c1Cl. The Morgan fingerprint density at radius 3 is 2.64 bits per heavy atom. The van der Waals surface area contributed by atoms with E-state index in [2.05, 4.69) is 25.9 Å². The Bertz CT molecular complexity index is 1310. The molecule has 2 aromatic heterocycles.